The zero-order valence-electron chi connectivity index (χ0n) is 18.2. The summed E-state index contributed by atoms with van der Waals surface area (Å²) < 4.78 is 9.34. The van der Waals surface area contributed by atoms with Gasteiger partial charge in [-0.05, 0) is 68.3 Å². The molecule has 160 valence electrons. The molecule has 0 amide bonds. The number of hydrogen-bond acceptors (Lipinski definition) is 5. The van der Waals surface area contributed by atoms with Gasteiger partial charge in [0.2, 0.25) is 0 Å². The van der Waals surface area contributed by atoms with E-state index < -0.39 is 0 Å². The summed E-state index contributed by atoms with van der Waals surface area (Å²) in [5.41, 5.74) is 6.83. The van der Waals surface area contributed by atoms with Crippen LogP contribution >= 0.6 is 11.3 Å². The first kappa shape index (κ1) is 20.2. The second kappa shape index (κ2) is 7.46. The van der Waals surface area contributed by atoms with Crippen molar-refractivity contribution in [3.63, 3.8) is 0 Å². The summed E-state index contributed by atoms with van der Waals surface area (Å²) in [6.07, 6.45) is 1.93. The number of aryl methyl sites for hydroxylation is 1. The largest absolute Gasteiger partial charge is 0.465 e. The number of nitrogens with zero attached hydrogens (tertiary/aromatic N) is 3. The van der Waals surface area contributed by atoms with Crippen LogP contribution in [0.15, 0.2) is 53.3 Å². The van der Waals surface area contributed by atoms with E-state index in [1.165, 1.54) is 18.4 Å². The zero-order chi connectivity index (χ0) is 22.6. The fraction of sp³-hybridized carbons (Fsp3) is 0.160. The number of benzene rings is 2. The van der Waals surface area contributed by atoms with Crippen molar-refractivity contribution in [3.05, 3.63) is 91.5 Å². The fourth-order valence-corrected chi connectivity index (χ4v) is 5.23. The van der Waals surface area contributed by atoms with Crippen LogP contribution in [0.3, 0.4) is 0 Å². The maximum absolute atomic E-state index is 13.1. The molecule has 0 spiro atoms. The molecule has 0 bridgehead atoms. The Morgan fingerprint density at radius 3 is 2.66 bits per heavy atom. The molecule has 0 N–H and O–H groups in total. The Morgan fingerprint density at radius 1 is 1.09 bits per heavy atom. The van der Waals surface area contributed by atoms with Gasteiger partial charge in [-0.2, -0.15) is 0 Å². The maximum atomic E-state index is 13.1. The number of aromatic nitrogens is 3. The van der Waals surface area contributed by atoms with Gasteiger partial charge in [0.05, 0.1) is 28.2 Å². The van der Waals surface area contributed by atoms with Crippen molar-refractivity contribution >= 4 is 39.4 Å². The number of imidazole rings is 1. The number of thiazole rings is 1. The lowest BCUT2D eigenvalue weighted by Gasteiger charge is -2.15. The quantitative estimate of drug-likeness (QED) is 0.396. The number of carbonyl (C=O) groups is 1. The Morgan fingerprint density at radius 2 is 1.88 bits per heavy atom. The number of para-hydroxylation sites is 2. The van der Waals surface area contributed by atoms with Crippen molar-refractivity contribution in [1.82, 2.24) is 14.0 Å². The molecule has 0 fully saturated rings. The number of esters is 1. The Bertz CT molecular complexity index is 1640. The number of fused-ring (bicyclic) bond motifs is 3. The number of methoxy groups -OCH3 is 1. The summed E-state index contributed by atoms with van der Waals surface area (Å²) in [6, 6.07) is 15.3. The Kier molecular flexibility index (Phi) is 4.71. The van der Waals surface area contributed by atoms with Gasteiger partial charge in [-0.1, -0.05) is 29.5 Å². The van der Waals surface area contributed by atoms with Gasteiger partial charge in [0.25, 0.3) is 5.56 Å². The fourth-order valence-electron chi connectivity index (χ4n) is 4.25. The number of ether oxygens (including phenoxy) is 1. The lowest BCUT2D eigenvalue weighted by molar-refractivity contribution is 0.0600. The standard InChI is InChI=1S/C25H21N3O3S/c1-14-12-17(16(3)27(14)20-11-7-8-18(15(20)2)24(30)31-4)13-22-23(29)28-21-10-6-5-9-19(21)26-25(28)32-22/h5-13H,1-4H3/b22-13-. The van der Waals surface area contributed by atoms with E-state index in [2.05, 4.69) is 15.6 Å². The number of rotatable bonds is 3. The Hall–Kier alpha value is -3.71. The lowest BCUT2D eigenvalue weighted by Crippen LogP contribution is -2.22. The van der Waals surface area contributed by atoms with E-state index in [1.807, 2.05) is 63.2 Å². The summed E-state index contributed by atoms with van der Waals surface area (Å²) in [7, 11) is 1.38. The van der Waals surface area contributed by atoms with Crippen molar-refractivity contribution in [3.8, 4) is 5.69 Å². The molecule has 0 atom stereocenters. The molecular formula is C25H21N3O3S. The number of carbonyl (C=O) groups excluding carboxylic acids is 1. The van der Waals surface area contributed by atoms with Gasteiger partial charge >= 0.3 is 5.97 Å². The van der Waals surface area contributed by atoms with Crippen LogP contribution in [-0.4, -0.2) is 27.0 Å². The molecule has 0 radical (unpaired) electrons. The molecule has 0 aliphatic rings. The van der Waals surface area contributed by atoms with Crippen LogP contribution in [0, 0.1) is 20.8 Å². The monoisotopic (exact) mass is 443 g/mol. The minimum absolute atomic E-state index is 0.0626. The third-order valence-electron chi connectivity index (χ3n) is 5.85. The smallest absolute Gasteiger partial charge is 0.338 e. The van der Waals surface area contributed by atoms with Crippen LogP contribution < -0.4 is 10.1 Å². The van der Waals surface area contributed by atoms with Gasteiger partial charge in [-0.3, -0.25) is 4.79 Å². The average molecular weight is 444 g/mol. The normalized spacial score (nSPS) is 12.2. The van der Waals surface area contributed by atoms with Crippen LogP contribution in [0.1, 0.15) is 32.9 Å². The molecule has 0 aliphatic carbocycles. The minimum Gasteiger partial charge on any atom is -0.465 e. The summed E-state index contributed by atoms with van der Waals surface area (Å²) >= 11 is 1.39. The molecule has 5 aromatic rings. The van der Waals surface area contributed by atoms with Crippen molar-refractivity contribution in [1.29, 1.82) is 0 Å². The van der Waals surface area contributed by atoms with E-state index >= 15 is 0 Å². The first-order valence-corrected chi connectivity index (χ1v) is 11.0. The molecule has 3 aromatic heterocycles. The van der Waals surface area contributed by atoms with Crippen LogP contribution in [0.5, 0.6) is 0 Å². The van der Waals surface area contributed by atoms with E-state index in [0.29, 0.717) is 15.1 Å². The predicted molar refractivity (Wildman–Crippen MR) is 127 cm³/mol. The third kappa shape index (κ3) is 2.97. The van der Waals surface area contributed by atoms with Crippen LogP contribution in [0.25, 0.3) is 27.8 Å². The molecule has 6 nitrogen and oxygen atoms in total. The summed E-state index contributed by atoms with van der Waals surface area (Å²) in [5.74, 6) is -0.358. The molecule has 0 aliphatic heterocycles. The van der Waals surface area contributed by atoms with Gasteiger partial charge in [-0.15, -0.1) is 0 Å². The van der Waals surface area contributed by atoms with E-state index in [4.69, 9.17) is 4.74 Å². The molecule has 5 rings (SSSR count). The maximum Gasteiger partial charge on any atom is 0.338 e. The number of hydrogen-bond donors (Lipinski definition) is 0. The van der Waals surface area contributed by atoms with Gasteiger partial charge in [-0.25, -0.2) is 14.2 Å². The summed E-state index contributed by atoms with van der Waals surface area (Å²) in [6.45, 7) is 5.95. The van der Waals surface area contributed by atoms with Crippen LogP contribution in [0.4, 0.5) is 0 Å². The molecule has 0 saturated heterocycles. The van der Waals surface area contributed by atoms with Crippen molar-refractivity contribution in [2.45, 2.75) is 20.8 Å². The van der Waals surface area contributed by atoms with E-state index in [0.717, 1.165) is 39.2 Å². The van der Waals surface area contributed by atoms with Crippen molar-refractivity contribution in [2.24, 2.45) is 0 Å². The van der Waals surface area contributed by atoms with E-state index in [1.54, 1.807) is 10.5 Å². The molecule has 7 heteroatoms. The highest BCUT2D eigenvalue weighted by atomic mass is 32.1. The highest BCUT2D eigenvalue weighted by Gasteiger charge is 2.17. The van der Waals surface area contributed by atoms with Crippen molar-refractivity contribution < 1.29 is 9.53 Å². The van der Waals surface area contributed by atoms with Crippen molar-refractivity contribution in [2.75, 3.05) is 7.11 Å². The minimum atomic E-state index is -0.358. The van der Waals surface area contributed by atoms with Gasteiger partial charge in [0.1, 0.15) is 0 Å². The van der Waals surface area contributed by atoms with Gasteiger partial charge in [0.15, 0.2) is 4.96 Å². The lowest BCUT2D eigenvalue weighted by atomic mass is 10.1. The van der Waals surface area contributed by atoms with Gasteiger partial charge < -0.3 is 9.30 Å². The summed E-state index contributed by atoms with van der Waals surface area (Å²) in [5, 5.41) is 0. The molecule has 2 aromatic carbocycles. The van der Waals surface area contributed by atoms with Crippen LogP contribution in [-0.2, 0) is 4.74 Å². The second-order valence-corrected chi connectivity index (χ2v) is 8.75. The Balaban J connectivity index is 1.68. The van der Waals surface area contributed by atoms with Gasteiger partial charge in [0, 0.05) is 17.1 Å². The first-order valence-electron chi connectivity index (χ1n) is 10.2. The van der Waals surface area contributed by atoms with E-state index in [-0.39, 0.29) is 11.5 Å². The van der Waals surface area contributed by atoms with Crippen LogP contribution in [0.2, 0.25) is 0 Å². The second-order valence-electron chi connectivity index (χ2n) is 7.74. The molecule has 0 unspecified atom stereocenters. The molecule has 3 heterocycles. The third-order valence-corrected chi connectivity index (χ3v) is 6.82. The molecule has 0 saturated carbocycles. The first-order chi connectivity index (χ1) is 15.4. The Labute approximate surface area is 188 Å². The zero-order valence-corrected chi connectivity index (χ0v) is 19.0. The predicted octanol–water partition coefficient (Wildman–Crippen LogP) is 3.96. The SMILES string of the molecule is COC(=O)c1cccc(-n2c(C)cc(/C=c3\sc4nc5ccccc5n4c3=O)c2C)c1C. The molecule has 32 heavy (non-hydrogen) atoms. The average Bonchev–Trinajstić information content (AvgIpc) is 3.39. The highest BCUT2D eigenvalue weighted by molar-refractivity contribution is 7.15. The highest BCUT2D eigenvalue weighted by Crippen LogP contribution is 2.26. The van der Waals surface area contributed by atoms with E-state index in [9.17, 15) is 9.59 Å². The molecular weight excluding hydrogens is 422 g/mol. The topological polar surface area (TPSA) is 65.6 Å². The summed E-state index contributed by atoms with van der Waals surface area (Å²) in [4.78, 5) is 30.6.